The Morgan fingerprint density at radius 1 is 1.41 bits per heavy atom. The summed E-state index contributed by atoms with van der Waals surface area (Å²) in [7, 11) is 1.77. The molecule has 0 unspecified atom stereocenters. The number of hydrogen-bond acceptors (Lipinski definition) is 5. The molecule has 0 aliphatic rings. The normalized spacial score (nSPS) is 11.1. The highest BCUT2D eigenvalue weighted by Gasteiger charge is 2.10. The zero-order valence-electron chi connectivity index (χ0n) is 10.3. The molecule has 0 aliphatic carbocycles. The first kappa shape index (κ1) is 11.6. The standard InChI is InChI=1S/C11H17N5O/c1-7(2)4-5-17-10-8-9(14-6-13-8)15-11(12-3)16-10/h6-7H,4-5H2,1-3H3,(H2,12,13,14,15,16). The SMILES string of the molecule is CNc1nc(OCCC(C)C)c2[nH]cnc2n1. The van der Waals surface area contributed by atoms with E-state index in [1.807, 2.05) is 0 Å². The zero-order valence-corrected chi connectivity index (χ0v) is 10.3. The van der Waals surface area contributed by atoms with E-state index in [4.69, 9.17) is 4.74 Å². The number of H-pyrrole nitrogens is 1. The Morgan fingerprint density at radius 2 is 2.24 bits per heavy atom. The quantitative estimate of drug-likeness (QED) is 0.826. The highest BCUT2D eigenvalue weighted by Crippen LogP contribution is 2.20. The molecule has 2 N–H and O–H groups in total. The molecule has 0 radical (unpaired) electrons. The van der Waals surface area contributed by atoms with Crippen LogP contribution in [0.5, 0.6) is 5.88 Å². The molecule has 0 fully saturated rings. The van der Waals surface area contributed by atoms with Crippen molar-refractivity contribution >= 4 is 17.1 Å². The fourth-order valence-electron chi connectivity index (χ4n) is 1.41. The van der Waals surface area contributed by atoms with E-state index in [-0.39, 0.29) is 0 Å². The summed E-state index contributed by atoms with van der Waals surface area (Å²) in [4.78, 5) is 15.6. The summed E-state index contributed by atoms with van der Waals surface area (Å²) in [5.74, 6) is 1.68. The van der Waals surface area contributed by atoms with E-state index in [1.165, 1.54) is 0 Å². The average Bonchev–Trinajstić information content (AvgIpc) is 2.76. The van der Waals surface area contributed by atoms with E-state index in [0.717, 1.165) is 11.9 Å². The van der Waals surface area contributed by atoms with E-state index in [9.17, 15) is 0 Å². The predicted molar refractivity (Wildman–Crippen MR) is 66.2 cm³/mol. The summed E-state index contributed by atoms with van der Waals surface area (Å²) < 4.78 is 5.67. The molecule has 2 rings (SSSR count). The highest BCUT2D eigenvalue weighted by molar-refractivity contribution is 5.76. The summed E-state index contributed by atoms with van der Waals surface area (Å²) in [6.07, 6.45) is 2.59. The Kier molecular flexibility index (Phi) is 3.41. The largest absolute Gasteiger partial charge is 0.476 e. The Morgan fingerprint density at radius 3 is 2.94 bits per heavy atom. The van der Waals surface area contributed by atoms with Crippen LogP contribution in [-0.2, 0) is 0 Å². The Balaban J connectivity index is 2.21. The summed E-state index contributed by atoms with van der Waals surface area (Å²) in [5, 5.41) is 2.89. The van der Waals surface area contributed by atoms with E-state index in [1.54, 1.807) is 13.4 Å². The van der Waals surface area contributed by atoms with Crippen molar-refractivity contribution < 1.29 is 4.74 Å². The van der Waals surface area contributed by atoms with Gasteiger partial charge >= 0.3 is 0 Å². The van der Waals surface area contributed by atoms with Gasteiger partial charge < -0.3 is 15.0 Å². The molecule has 0 saturated carbocycles. The van der Waals surface area contributed by atoms with Crippen molar-refractivity contribution in [1.82, 2.24) is 19.9 Å². The van der Waals surface area contributed by atoms with Crippen molar-refractivity contribution in [2.24, 2.45) is 5.92 Å². The molecule has 6 nitrogen and oxygen atoms in total. The number of ether oxygens (including phenoxy) is 1. The van der Waals surface area contributed by atoms with Crippen LogP contribution >= 0.6 is 0 Å². The van der Waals surface area contributed by atoms with Crippen molar-refractivity contribution in [2.45, 2.75) is 20.3 Å². The van der Waals surface area contributed by atoms with Crippen LogP contribution in [0, 0.1) is 5.92 Å². The Labute approximate surface area is 99.8 Å². The molecule has 0 bridgehead atoms. The number of fused-ring (bicyclic) bond motifs is 1. The number of rotatable bonds is 5. The van der Waals surface area contributed by atoms with Crippen LogP contribution in [0.4, 0.5) is 5.95 Å². The monoisotopic (exact) mass is 235 g/mol. The Bertz CT molecular complexity index is 494. The van der Waals surface area contributed by atoms with E-state index in [2.05, 4.69) is 39.1 Å². The first-order valence-corrected chi connectivity index (χ1v) is 5.72. The van der Waals surface area contributed by atoms with Gasteiger partial charge in [0.05, 0.1) is 12.9 Å². The number of aromatic nitrogens is 4. The van der Waals surface area contributed by atoms with Gasteiger partial charge in [0, 0.05) is 7.05 Å². The van der Waals surface area contributed by atoms with Crippen LogP contribution in [0.3, 0.4) is 0 Å². The number of imidazole rings is 1. The molecule has 92 valence electrons. The first-order valence-electron chi connectivity index (χ1n) is 5.72. The molecule has 0 aliphatic heterocycles. The second-order valence-corrected chi connectivity index (χ2v) is 4.23. The lowest BCUT2D eigenvalue weighted by molar-refractivity contribution is 0.282. The number of nitrogens with one attached hydrogen (secondary N) is 2. The molecule has 0 aromatic carbocycles. The minimum atomic E-state index is 0.518. The molecule has 0 spiro atoms. The van der Waals surface area contributed by atoms with E-state index < -0.39 is 0 Å². The molecule has 0 atom stereocenters. The van der Waals surface area contributed by atoms with Crippen LogP contribution in [-0.4, -0.2) is 33.6 Å². The molecule has 0 saturated heterocycles. The average molecular weight is 235 g/mol. The van der Waals surface area contributed by atoms with Gasteiger partial charge in [-0.1, -0.05) is 13.8 Å². The highest BCUT2D eigenvalue weighted by atomic mass is 16.5. The van der Waals surface area contributed by atoms with Gasteiger partial charge in [-0.2, -0.15) is 9.97 Å². The third kappa shape index (κ3) is 2.64. The topological polar surface area (TPSA) is 75.7 Å². The summed E-state index contributed by atoms with van der Waals surface area (Å²) in [6, 6.07) is 0. The van der Waals surface area contributed by atoms with Gasteiger partial charge in [-0.05, 0) is 12.3 Å². The van der Waals surface area contributed by atoms with Gasteiger partial charge in [-0.25, -0.2) is 4.98 Å². The fraction of sp³-hybridized carbons (Fsp3) is 0.545. The van der Waals surface area contributed by atoms with Gasteiger partial charge in [-0.3, -0.25) is 0 Å². The third-order valence-corrected chi connectivity index (χ3v) is 2.41. The van der Waals surface area contributed by atoms with Crippen LogP contribution in [0.25, 0.3) is 11.2 Å². The number of nitrogens with zero attached hydrogens (tertiary/aromatic N) is 3. The van der Waals surface area contributed by atoms with Crippen LogP contribution in [0.2, 0.25) is 0 Å². The van der Waals surface area contributed by atoms with Crippen molar-refractivity contribution in [3.8, 4) is 5.88 Å². The van der Waals surface area contributed by atoms with Crippen molar-refractivity contribution in [3.05, 3.63) is 6.33 Å². The van der Waals surface area contributed by atoms with E-state index in [0.29, 0.717) is 30.0 Å². The summed E-state index contributed by atoms with van der Waals surface area (Å²) in [5.41, 5.74) is 1.36. The van der Waals surface area contributed by atoms with Gasteiger partial charge in [0.25, 0.3) is 0 Å². The van der Waals surface area contributed by atoms with Crippen LogP contribution in [0.1, 0.15) is 20.3 Å². The van der Waals surface area contributed by atoms with Crippen molar-refractivity contribution in [1.29, 1.82) is 0 Å². The predicted octanol–water partition coefficient (Wildman–Crippen LogP) is 1.82. The maximum Gasteiger partial charge on any atom is 0.245 e. The third-order valence-electron chi connectivity index (χ3n) is 2.41. The lowest BCUT2D eigenvalue weighted by atomic mass is 10.1. The van der Waals surface area contributed by atoms with E-state index >= 15 is 0 Å². The van der Waals surface area contributed by atoms with Crippen LogP contribution in [0.15, 0.2) is 6.33 Å². The molecule has 2 heterocycles. The number of aromatic amines is 1. The lowest BCUT2D eigenvalue weighted by Gasteiger charge is -2.08. The minimum absolute atomic E-state index is 0.518. The van der Waals surface area contributed by atoms with Crippen molar-refractivity contribution in [2.75, 3.05) is 19.0 Å². The van der Waals surface area contributed by atoms with Gasteiger partial charge in [0.1, 0.15) is 5.52 Å². The van der Waals surface area contributed by atoms with Gasteiger partial charge in [-0.15, -0.1) is 0 Å². The smallest absolute Gasteiger partial charge is 0.245 e. The molecule has 2 aromatic heterocycles. The Hall–Kier alpha value is -1.85. The van der Waals surface area contributed by atoms with Crippen LogP contribution < -0.4 is 10.1 Å². The van der Waals surface area contributed by atoms with Gasteiger partial charge in [0.2, 0.25) is 11.8 Å². The number of hydrogen-bond donors (Lipinski definition) is 2. The molecular formula is C11H17N5O. The molecule has 0 amide bonds. The van der Waals surface area contributed by atoms with Crippen molar-refractivity contribution in [3.63, 3.8) is 0 Å². The molecule has 2 aromatic rings. The molecule has 6 heteroatoms. The van der Waals surface area contributed by atoms with Gasteiger partial charge in [0.15, 0.2) is 5.65 Å². The molecular weight excluding hydrogens is 218 g/mol. The lowest BCUT2D eigenvalue weighted by Crippen LogP contribution is -2.05. The first-order chi connectivity index (χ1) is 8.20. The second-order valence-electron chi connectivity index (χ2n) is 4.23. The maximum absolute atomic E-state index is 5.67. The fourth-order valence-corrected chi connectivity index (χ4v) is 1.41. The maximum atomic E-state index is 5.67. The summed E-state index contributed by atoms with van der Waals surface area (Å²) in [6.45, 7) is 4.97. The zero-order chi connectivity index (χ0) is 12.3. The minimum Gasteiger partial charge on any atom is -0.476 e. The number of anilines is 1. The molecule has 17 heavy (non-hydrogen) atoms. The second kappa shape index (κ2) is 4.99. The summed E-state index contributed by atoms with van der Waals surface area (Å²) >= 11 is 0.